The van der Waals surface area contributed by atoms with Crippen LogP contribution in [-0.4, -0.2) is 24.0 Å². The van der Waals surface area contributed by atoms with Gasteiger partial charge in [0.25, 0.3) is 0 Å². The third kappa shape index (κ3) is 3.00. The molecule has 2 rings (SSSR count). The molecule has 0 unspecified atom stereocenters. The van der Waals surface area contributed by atoms with Crippen LogP contribution in [0.15, 0.2) is 12.1 Å². The summed E-state index contributed by atoms with van der Waals surface area (Å²) in [7, 11) is 0. The van der Waals surface area contributed by atoms with Crippen LogP contribution in [0, 0.1) is 10.1 Å². The number of hydrogen-bond donors (Lipinski definition) is 2. The molecule has 0 atom stereocenters. The van der Waals surface area contributed by atoms with Crippen molar-refractivity contribution in [3.63, 3.8) is 0 Å². The first-order chi connectivity index (χ1) is 9.11. The number of carbonyl (C=O) groups is 1. The Morgan fingerprint density at radius 2 is 2.21 bits per heavy atom. The first kappa shape index (κ1) is 13.3. The molecule has 1 aromatic rings. The molecular weight excluding hydrogens is 250 g/mol. The van der Waals surface area contributed by atoms with Crippen molar-refractivity contribution in [3.8, 4) is 5.75 Å². The van der Waals surface area contributed by atoms with Crippen molar-refractivity contribution >= 4 is 17.3 Å². The number of benzene rings is 1. The second kappa shape index (κ2) is 5.66. The maximum atomic E-state index is 11.3. The molecule has 1 amide bonds. The third-order valence-corrected chi connectivity index (χ3v) is 2.88. The second-order valence-electron chi connectivity index (χ2n) is 4.27. The van der Waals surface area contributed by atoms with Crippen molar-refractivity contribution in [2.45, 2.75) is 19.3 Å². The highest BCUT2D eigenvalue weighted by Crippen LogP contribution is 2.35. The molecule has 1 aliphatic rings. The Morgan fingerprint density at radius 3 is 2.89 bits per heavy atom. The van der Waals surface area contributed by atoms with Crippen LogP contribution < -0.4 is 15.8 Å². The van der Waals surface area contributed by atoms with Crippen LogP contribution in [-0.2, 0) is 11.2 Å². The quantitative estimate of drug-likeness (QED) is 0.472. The van der Waals surface area contributed by atoms with Crippen LogP contribution in [0.5, 0.6) is 5.75 Å². The third-order valence-electron chi connectivity index (χ3n) is 2.88. The minimum absolute atomic E-state index is 0.126. The van der Waals surface area contributed by atoms with E-state index in [2.05, 4.69) is 5.32 Å². The molecule has 0 radical (unpaired) electrons. The second-order valence-corrected chi connectivity index (χ2v) is 4.27. The van der Waals surface area contributed by atoms with Gasteiger partial charge in [-0.3, -0.25) is 14.9 Å². The zero-order valence-corrected chi connectivity index (χ0v) is 10.3. The lowest BCUT2D eigenvalue weighted by molar-refractivity contribution is -0.385. The smallest absolute Gasteiger partial charge is 0.313 e. The van der Waals surface area contributed by atoms with E-state index in [-0.39, 0.29) is 17.3 Å². The normalized spacial score (nSPS) is 13.6. The predicted octanol–water partition coefficient (Wildman–Crippen LogP) is 1.21. The van der Waals surface area contributed by atoms with E-state index in [4.69, 9.17) is 10.5 Å². The summed E-state index contributed by atoms with van der Waals surface area (Å²) < 4.78 is 5.40. The van der Waals surface area contributed by atoms with Crippen molar-refractivity contribution < 1.29 is 14.5 Å². The Labute approximate surface area is 109 Å². The number of hydrogen-bond acceptors (Lipinski definition) is 5. The largest absolute Gasteiger partial charge is 0.487 e. The molecule has 0 saturated carbocycles. The minimum atomic E-state index is -0.515. The number of nitrogens with zero attached hydrogens (tertiary/aromatic N) is 1. The summed E-state index contributed by atoms with van der Waals surface area (Å²) in [5.41, 5.74) is 6.56. The van der Waals surface area contributed by atoms with Crippen molar-refractivity contribution in [1.82, 2.24) is 0 Å². The number of anilines is 1. The van der Waals surface area contributed by atoms with Gasteiger partial charge in [-0.05, 0) is 31.0 Å². The van der Waals surface area contributed by atoms with Gasteiger partial charge in [0, 0.05) is 12.5 Å². The Hall–Kier alpha value is -2.15. The maximum Gasteiger partial charge on any atom is 0.313 e. The lowest BCUT2D eigenvalue weighted by Crippen LogP contribution is -2.19. The lowest BCUT2D eigenvalue weighted by Gasteiger charge is -2.17. The number of fused-ring (bicyclic) bond motifs is 1. The summed E-state index contributed by atoms with van der Waals surface area (Å²) in [4.78, 5) is 21.8. The monoisotopic (exact) mass is 265 g/mol. The first-order valence-electron chi connectivity index (χ1n) is 6.06. The minimum Gasteiger partial charge on any atom is -0.487 e. The SMILES string of the molecule is NCCCOc1cc2c(cc1[N+](=O)[O-])NC(=O)CC2. The van der Waals surface area contributed by atoms with Crippen LogP contribution in [0.25, 0.3) is 0 Å². The Bertz CT molecular complexity index is 516. The number of carbonyl (C=O) groups excluding carboxylic acids is 1. The van der Waals surface area contributed by atoms with Gasteiger partial charge in [0.05, 0.1) is 17.2 Å². The number of rotatable bonds is 5. The van der Waals surface area contributed by atoms with E-state index < -0.39 is 4.92 Å². The number of nitrogens with two attached hydrogens (primary N) is 1. The lowest BCUT2D eigenvalue weighted by atomic mass is 10.0. The Morgan fingerprint density at radius 1 is 1.42 bits per heavy atom. The fourth-order valence-electron chi connectivity index (χ4n) is 1.92. The van der Waals surface area contributed by atoms with Crippen molar-refractivity contribution in [1.29, 1.82) is 0 Å². The van der Waals surface area contributed by atoms with Crippen LogP contribution in [0.3, 0.4) is 0 Å². The van der Waals surface area contributed by atoms with E-state index >= 15 is 0 Å². The summed E-state index contributed by atoms with van der Waals surface area (Å²) >= 11 is 0. The van der Waals surface area contributed by atoms with Crippen molar-refractivity contribution in [3.05, 3.63) is 27.8 Å². The van der Waals surface area contributed by atoms with Gasteiger partial charge in [0.1, 0.15) is 0 Å². The first-order valence-corrected chi connectivity index (χ1v) is 6.06. The molecule has 102 valence electrons. The van der Waals surface area contributed by atoms with E-state index in [0.717, 1.165) is 5.56 Å². The molecule has 19 heavy (non-hydrogen) atoms. The fourth-order valence-corrected chi connectivity index (χ4v) is 1.92. The number of ether oxygens (including phenoxy) is 1. The highest BCUT2D eigenvalue weighted by molar-refractivity contribution is 5.94. The van der Waals surface area contributed by atoms with Gasteiger partial charge in [-0.1, -0.05) is 0 Å². The highest BCUT2D eigenvalue weighted by atomic mass is 16.6. The average molecular weight is 265 g/mol. The highest BCUT2D eigenvalue weighted by Gasteiger charge is 2.23. The topological polar surface area (TPSA) is 107 Å². The molecule has 3 N–H and O–H groups in total. The molecule has 7 heteroatoms. The molecular formula is C12H15N3O4. The molecule has 1 aliphatic heterocycles. The van der Waals surface area contributed by atoms with E-state index in [1.165, 1.54) is 6.07 Å². The van der Waals surface area contributed by atoms with Gasteiger partial charge < -0.3 is 15.8 Å². The van der Waals surface area contributed by atoms with Crippen LogP contribution >= 0.6 is 0 Å². The summed E-state index contributed by atoms with van der Waals surface area (Å²) in [6, 6.07) is 2.98. The summed E-state index contributed by atoms with van der Waals surface area (Å²) in [5.74, 6) is 0.104. The standard InChI is InChI=1S/C12H15N3O4/c13-4-1-5-19-11-6-8-2-3-12(16)14-9(8)7-10(11)15(17)18/h6-7H,1-5,13H2,(H,14,16). The summed E-state index contributed by atoms with van der Waals surface area (Å²) in [6.07, 6.45) is 1.57. The van der Waals surface area contributed by atoms with Crippen LogP contribution in [0.4, 0.5) is 11.4 Å². The average Bonchev–Trinajstić information content (AvgIpc) is 2.38. The van der Waals surface area contributed by atoms with Gasteiger partial charge in [-0.2, -0.15) is 0 Å². The fraction of sp³-hybridized carbons (Fsp3) is 0.417. The van der Waals surface area contributed by atoms with Gasteiger partial charge in [0.15, 0.2) is 5.75 Å². The Balaban J connectivity index is 2.30. The number of amides is 1. The zero-order chi connectivity index (χ0) is 13.8. The number of nitrogens with one attached hydrogen (secondary N) is 1. The van der Waals surface area contributed by atoms with E-state index in [1.54, 1.807) is 6.07 Å². The predicted molar refractivity (Wildman–Crippen MR) is 69.2 cm³/mol. The maximum absolute atomic E-state index is 11.3. The summed E-state index contributed by atoms with van der Waals surface area (Å²) in [6.45, 7) is 0.803. The van der Waals surface area contributed by atoms with Crippen LogP contribution in [0.2, 0.25) is 0 Å². The van der Waals surface area contributed by atoms with E-state index in [9.17, 15) is 14.9 Å². The van der Waals surface area contributed by atoms with E-state index in [0.29, 0.717) is 38.1 Å². The molecule has 0 aromatic heterocycles. The Kier molecular flexibility index (Phi) is 3.96. The van der Waals surface area contributed by atoms with Gasteiger partial charge >= 0.3 is 5.69 Å². The zero-order valence-electron chi connectivity index (χ0n) is 10.3. The molecule has 1 heterocycles. The molecule has 0 fully saturated rings. The molecule has 0 bridgehead atoms. The van der Waals surface area contributed by atoms with Crippen molar-refractivity contribution in [2.75, 3.05) is 18.5 Å². The molecule has 7 nitrogen and oxygen atoms in total. The number of nitro benzene ring substituents is 1. The van der Waals surface area contributed by atoms with Crippen molar-refractivity contribution in [2.24, 2.45) is 5.73 Å². The molecule has 0 aliphatic carbocycles. The van der Waals surface area contributed by atoms with E-state index in [1.807, 2.05) is 0 Å². The number of aryl methyl sites for hydroxylation is 1. The van der Waals surface area contributed by atoms with Crippen LogP contribution in [0.1, 0.15) is 18.4 Å². The van der Waals surface area contributed by atoms with Gasteiger partial charge in [0.2, 0.25) is 5.91 Å². The molecule has 0 saturated heterocycles. The van der Waals surface area contributed by atoms with Gasteiger partial charge in [-0.15, -0.1) is 0 Å². The van der Waals surface area contributed by atoms with Gasteiger partial charge in [-0.25, -0.2) is 0 Å². The molecule has 1 aromatic carbocycles. The molecule has 0 spiro atoms. The summed E-state index contributed by atoms with van der Waals surface area (Å²) in [5, 5.41) is 13.6. The number of nitro groups is 1.